The molecule has 1 aliphatic carbocycles. The molecule has 1 saturated carbocycles. The van der Waals surface area contributed by atoms with Crippen LogP contribution in [0.4, 0.5) is 5.00 Å². The van der Waals surface area contributed by atoms with Crippen molar-refractivity contribution in [1.82, 2.24) is 9.80 Å². The number of carbonyl (C=O) groups is 3. The van der Waals surface area contributed by atoms with Crippen LogP contribution >= 0.6 is 11.3 Å². The lowest BCUT2D eigenvalue weighted by molar-refractivity contribution is -0.135. The highest BCUT2D eigenvalue weighted by Crippen LogP contribution is 2.31. The van der Waals surface area contributed by atoms with E-state index < -0.39 is 5.91 Å². The molecule has 2 fully saturated rings. The van der Waals surface area contributed by atoms with Crippen molar-refractivity contribution in [2.75, 3.05) is 31.5 Å². The average Bonchev–Trinajstić information content (AvgIpc) is 3.32. The van der Waals surface area contributed by atoms with Crippen LogP contribution in [0.2, 0.25) is 0 Å². The van der Waals surface area contributed by atoms with E-state index >= 15 is 0 Å². The lowest BCUT2D eigenvalue weighted by Gasteiger charge is -2.37. The second kappa shape index (κ2) is 6.90. The number of nitrogens with zero attached hydrogens (tertiary/aromatic N) is 2. The van der Waals surface area contributed by atoms with Gasteiger partial charge in [0.05, 0.1) is 11.6 Å². The van der Waals surface area contributed by atoms with E-state index in [1.54, 1.807) is 11.4 Å². The first-order valence-corrected chi connectivity index (χ1v) is 9.06. The van der Waals surface area contributed by atoms with Gasteiger partial charge >= 0.3 is 0 Å². The van der Waals surface area contributed by atoms with E-state index in [9.17, 15) is 14.4 Å². The van der Waals surface area contributed by atoms with Gasteiger partial charge in [0.25, 0.3) is 5.91 Å². The van der Waals surface area contributed by atoms with Crippen LogP contribution in [0.1, 0.15) is 30.1 Å². The largest absolute Gasteiger partial charge is 0.366 e. The number of nitrogens with one attached hydrogen (secondary N) is 1. The summed E-state index contributed by atoms with van der Waals surface area (Å²) in [5.41, 5.74) is 5.63. The summed E-state index contributed by atoms with van der Waals surface area (Å²) in [6, 6.07) is 1.28. The van der Waals surface area contributed by atoms with Crippen LogP contribution in [0.5, 0.6) is 0 Å². The third-order valence-corrected chi connectivity index (χ3v) is 5.48. The minimum Gasteiger partial charge on any atom is -0.366 e. The maximum atomic E-state index is 12.4. The summed E-state index contributed by atoms with van der Waals surface area (Å²) in [6.45, 7) is 4.53. The zero-order valence-electron chi connectivity index (χ0n) is 13.7. The van der Waals surface area contributed by atoms with Crippen molar-refractivity contribution >= 4 is 34.1 Å². The standard InChI is InChI=1S/C16H22N4O3S/c1-10(14(22)18-15-12(13(17)21)4-9-24-15)19-5-7-20(8-6-19)16(23)11-2-3-11/h4,9-11H,2-3,5-8H2,1H3,(H2,17,21)(H,18,22)/t10-/m1/s1. The lowest BCUT2D eigenvalue weighted by Crippen LogP contribution is -2.54. The number of amides is 3. The fourth-order valence-corrected chi connectivity index (χ4v) is 3.70. The first kappa shape index (κ1) is 16.9. The number of nitrogens with two attached hydrogens (primary N) is 1. The average molecular weight is 350 g/mol. The van der Waals surface area contributed by atoms with Crippen LogP contribution in [0.3, 0.4) is 0 Å². The van der Waals surface area contributed by atoms with Crippen molar-refractivity contribution in [3.8, 4) is 0 Å². The van der Waals surface area contributed by atoms with E-state index in [4.69, 9.17) is 5.73 Å². The molecule has 0 spiro atoms. The van der Waals surface area contributed by atoms with Crippen LogP contribution in [0, 0.1) is 5.92 Å². The lowest BCUT2D eigenvalue weighted by atomic mass is 10.2. The van der Waals surface area contributed by atoms with Crippen molar-refractivity contribution in [1.29, 1.82) is 0 Å². The predicted octanol–water partition coefficient (Wildman–Crippen LogP) is 0.728. The summed E-state index contributed by atoms with van der Waals surface area (Å²) in [7, 11) is 0. The fourth-order valence-electron chi connectivity index (χ4n) is 2.90. The van der Waals surface area contributed by atoms with Crippen molar-refractivity contribution in [2.45, 2.75) is 25.8 Å². The van der Waals surface area contributed by atoms with Crippen molar-refractivity contribution in [3.05, 3.63) is 17.0 Å². The van der Waals surface area contributed by atoms with Gasteiger partial charge in [0, 0.05) is 32.1 Å². The van der Waals surface area contributed by atoms with Crippen LogP contribution in [0.25, 0.3) is 0 Å². The highest BCUT2D eigenvalue weighted by atomic mass is 32.1. The Hall–Kier alpha value is -1.93. The maximum absolute atomic E-state index is 12.4. The van der Waals surface area contributed by atoms with Crippen molar-refractivity contribution in [3.63, 3.8) is 0 Å². The van der Waals surface area contributed by atoms with E-state index in [0.29, 0.717) is 36.7 Å². The van der Waals surface area contributed by atoms with Gasteiger partial charge in [-0.1, -0.05) is 0 Å². The Balaban J connectivity index is 1.53. The molecule has 1 aromatic rings. The number of piperazine rings is 1. The van der Waals surface area contributed by atoms with Gasteiger partial charge in [0.1, 0.15) is 5.00 Å². The summed E-state index contributed by atoms with van der Waals surface area (Å²) in [5.74, 6) is -0.215. The highest BCUT2D eigenvalue weighted by Gasteiger charge is 2.35. The van der Waals surface area contributed by atoms with E-state index in [1.165, 1.54) is 11.3 Å². The van der Waals surface area contributed by atoms with Crippen molar-refractivity contribution in [2.24, 2.45) is 11.7 Å². The summed E-state index contributed by atoms with van der Waals surface area (Å²) in [4.78, 5) is 39.8. The third kappa shape index (κ3) is 3.59. The first-order valence-electron chi connectivity index (χ1n) is 8.18. The molecule has 7 nitrogen and oxygen atoms in total. The quantitative estimate of drug-likeness (QED) is 0.818. The summed E-state index contributed by atoms with van der Waals surface area (Å²) in [6.07, 6.45) is 2.03. The smallest absolute Gasteiger partial charge is 0.251 e. The van der Waals surface area contributed by atoms with E-state index in [0.717, 1.165) is 12.8 Å². The number of carbonyl (C=O) groups excluding carboxylic acids is 3. The SMILES string of the molecule is C[C@H](C(=O)Nc1sccc1C(N)=O)N1CCN(C(=O)C2CC2)CC1. The van der Waals surface area contributed by atoms with Crippen LogP contribution in [0.15, 0.2) is 11.4 Å². The molecular formula is C16H22N4O3S. The fraction of sp³-hybridized carbons (Fsp3) is 0.562. The minimum atomic E-state index is -0.550. The maximum Gasteiger partial charge on any atom is 0.251 e. The van der Waals surface area contributed by atoms with Gasteiger partial charge in [-0.2, -0.15) is 0 Å². The molecule has 2 heterocycles. The molecule has 0 aromatic carbocycles. The molecule has 2 aliphatic rings. The number of thiophene rings is 1. The Morgan fingerprint density at radius 2 is 1.92 bits per heavy atom. The van der Waals surface area contributed by atoms with Gasteiger partial charge in [-0.05, 0) is 31.2 Å². The summed E-state index contributed by atoms with van der Waals surface area (Å²) >= 11 is 1.28. The normalized spacial score (nSPS) is 19.8. The molecule has 3 amide bonds. The predicted molar refractivity (Wildman–Crippen MR) is 91.8 cm³/mol. The Morgan fingerprint density at radius 3 is 2.50 bits per heavy atom. The third-order valence-electron chi connectivity index (χ3n) is 4.65. The van der Waals surface area contributed by atoms with Gasteiger partial charge in [0.2, 0.25) is 11.8 Å². The Kier molecular flexibility index (Phi) is 4.86. The minimum absolute atomic E-state index is 0.165. The molecular weight excluding hydrogens is 328 g/mol. The van der Waals surface area contributed by atoms with E-state index in [2.05, 4.69) is 10.2 Å². The molecule has 1 aromatic heterocycles. The summed E-state index contributed by atoms with van der Waals surface area (Å²) in [5, 5.41) is 5.00. The van der Waals surface area contributed by atoms with E-state index in [1.807, 2.05) is 11.8 Å². The van der Waals surface area contributed by atoms with Crippen LogP contribution < -0.4 is 11.1 Å². The van der Waals surface area contributed by atoms with Gasteiger partial charge in [-0.3, -0.25) is 19.3 Å². The zero-order valence-corrected chi connectivity index (χ0v) is 14.5. The van der Waals surface area contributed by atoms with Gasteiger partial charge in [-0.25, -0.2) is 0 Å². The monoisotopic (exact) mass is 350 g/mol. The summed E-state index contributed by atoms with van der Waals surface area (Å²) < 4.78 is 0. The van der Waals surface area contributed by atoms with Crippen molar-refractivity contribution < 1.29 is 14.4 Å². The molecule has 130 valence electrons. The first-order chi connectivity index (χ1) is 11.5. The van der Waals surface area contributed by atoms with Crippen LogP contribution in [-0.4, -0.2) is 59.7 Å². The zero-order chi connectivity index (χ0) is 17.3. The number of anilines is 1. The molecule has 3 N–H and O–H groups in total. The highest BCUT2D eigenvalue weighted by molar-refractivity contribution is 7.14. The number of hydrogen-bond acceptors (Lipinski definition) is 5. The van der Waals surface area contributed by atoms with Gasteiger partial charge in [0.15, 0.2) is 0 Å². The Morgan fingerprint density at radius 1 is 1.25 bits per heavy atom. The molecule has 0 unspecified atom stereocenters. The Labute approximate surface area is 144 Å². The molecule has 1 saturated heterocycles. The van der Waals surface area contributed by atoms with Gasteiger partial charge < -0.3 is 16.0 Å². The molecule has 0 radical (unpaired) electrons. The molecule has 1 atom stereocenters. The van der Waals surface area contributed by atoms with Gasteiger partial charge in [-0.15, -0.1) is 11.3 Å². The molecule has 8 heteroatoms. The topological polar surface area (TPSA) is 95.7 Å². The Bertz CT molecular complexity index is 648. The molecule has 3 rings (SSSR count). The van der Waals surface area contributed by atoms with Crippen LogP contribution in [-0.2, 0) is 9.59 Å². The number of primary amides is 1. The molecule has 24 heavy (non-hydrogen) atoms. The molecule has 0 bridgehead atoms. The van der Waals surface area contributed by atoms with E-state index in [-0.39, 0.29) is 23.8 Å². The number of hydrogen-bond donors (Lipinski definition) is 2. The number of rotatable bonds is 5. The molecule has 1 aliphatic heterocycles. The second-order valence-corrected chi connectivity index (χ2v) is 7.24. The second-order valence-electron chi connectivity index (χ2n) is 6.33.